The summed E-state index contributed by atoms with van der Waals surface area (Å²) in [6.07, 6.45) is 2.75. The summed E-state index contributed by atoms with van der Waals surface area (Å²) in [6.45, 7) is 1.68. The molecular formula is C23H25N5O5. The van der Waals surface area contributed by atoms with Crippen molar-refractivity contribution in [3.8, 4) is 0 Å². The lowest BCUT2D eigenvalue weighted by atomic mass is 9.93. The molecule has 2 aromatic heterocycles. The third-order valence-electron chi connectivity index (χ3n) is 5.31. The number of aromatic nitrogens is 4. The highest BCUT2D eigenvalue weighted by Crippen LogP contribution is 2.17. The fourth-order valence-electron chi connectivity index (χ4n) is 3.40. The second-order valence-electron chi connectivity index (χ2n) is 7.76. The molecule has 0 bridgehead atoms. The van der Waals surface area contributed by atoms with Gasteiger partial charge in [0.15, 0.2) is 16.9 Å². The van der Waals surface area contributed by atoms with Crippen LogP contribution in [0.25, 0.3) is 11.2 Å². The van der Waals surface area contributed by atoms with E-state index >= 15 is 0 Å². The van der Waals surface area contributed by atoms with E-state index in [-0.39, 0.29) is 42.0 Å². The smallest absolute Gasteiger partial charge is 0.306 e. The number of rotatable bonds is 10. The lowest BCUT2D eigenvalue weighted by Gasteiger charge is -2.11. The highest BCUT2D eigenvalue weighted by Gasteiger charge is 2.22. The fourth-order valence-corrected chi connectivity index (χ4v) is 3.40. The number of carboxylic acid groups (broad SMARTS) is 1. The normalized spacial score (nSPS) is 11.8. The zero-order chi connectivity index (χ0) is 24.0. The molecule has 0 aliphatic carbocycles. The first-order valence-electron chi connectivity index (χ1n) is 10.5. The van der Waals surface area contributed by atoms with Gasteiger partial charge in [-0.25, -0.2) is 15.0 Å². The molecule has 1 aromatic carbocycles. The Hall–Kier alpha value is -3.95. The number of aromatic amines is 1. The number of ketones is 1. The van der Waals surface area contributed by atoms with Gasteiger partial charge in [-0.1, -0.05) is 24.3 Å². The summed E-state index contributed by atoms with van der Waals surface area (Å²) in [5.74, 6) is -2.07. The first-order valence-corrected chi connectivity index (χ1v) is 10.5. The highest BCUT2D eigenvalue weighted by molar-refractivity contribution is 5.98. The molecule has 3 aromatic rings. The van der Waals surface area contributed by atoms with Crippen molar-refractivity contribution in [2.45, 2.75) is 39.0 Å². The number of benzene rings is 1. The van der Waals surface area contributed by atoms with Gasteiger partial charge >= 0.3 is 5.97 Å². The number of hydrogen-bond donors (Lipinski definition) is 3. The molecule has 0 fully saturated rings. The number of aryl methyl sites for hydroxylation is 3. The number of nitrogens with one attached hydrogen (secondary N) is 2. The van der Waals surface area contributed by atoms with E-state index in [0.717, 1.165) is 5.56 Å². The fraction of sp³-hybridized carbons (Fsp3) is 0.348. The average molecular weight is 451 g/mol. The highest BCUT2D eigenvalue weighted by atomic mass is 16.4. The number of hydrogen-bond acceptors (Lipinski definition) is 7. The van der Waals surface area contributed by atoms with Crippen LogP contribution in [0.4, 0.5) is 0 Å². The minimum atomic E-state index is -1.09. The number of nitrogens with zero attached hydrogens (tertiary/aromatic N) is 3. The van der Waals surface area contributed by atoms with E-state index in [9.17, 15) is 24.3 Å². The van der Waals surface area contributed by atoms with Crippen LogP contribution < -0.4 is 10.9 Å². The third-order valence-corrected chi connectivity index (χ3v) is 5.31. The van der Waals surface area contributed by atoms with Crippen molar-refractivity contribution < 1.29 is 19.5 Å². The van der Waals surface area contributed by atoms with E-state index in [1.54, 1.807) is 37.4 Å². The minimum absolute atomic E-state index is 0.0545. The van der Waals surface area contributed by atoms with Crippen LogP contribution in [0.3, 0.4) is 0 Å². The molecule has 0 saturated heterocycles. The Bertz CT molecular complexity index is 1240. The van der Waals surface area contributed by atoms with Gasteiger partial charge in [0.25, 0.3) is 5.56 Å². The molecule has 172 valence electrons. The molecule has 3 rings (SSSR count). The van der Waals surface area contributed by atoms with Crippen LogP contribution in [0.2, 0.25) is 0 Å². The molecule has 3 N–H and O–H groups in total. The van der Waals surface area contributed by atoms with Crippen molar-refractivity contribution in [1.29, 1.82) is 0 Å². The summed E-state index contributed by atoms with van der Waals surface area (Å²) in [5.41, 5.74) is 2.20. The number of aliphatic carboxylic acids is 1. The standard InChI is InChI=1S/C23H25N5O5/c1-13-26-21-20(22(31)27-13)28-17(12-25-21)9-5-14-3-6-15(7-4-14)18(29)11-16(23(32)33)8-10-19(30)24-2/h3-4,6-7,12,16H,5,8-11H2,1-2H3,(H,24,30)(H,32,33)(H,25,26,27,31)/t16-/m1/s1. The molecule has 2 heterocycles. The Morgan fingerprint density at radius 2 is 1.85 bits per heavy atom. The Morgan fingerprint density at radius 1 is 1.12 bits per heavy atom. The van der Waals surface area contributed by atoms with Gasteiger partial charge in [-0.2, -0.15) is 0 Å². The first kappa shape index (κ1) is 23.7. The van der Waals surface area contributed by atoms with E-state index in [1.165, 1.54) is 7.05 Å². The van der Waals surface area contributed by atoms with Crippen molar-refractivity contribution in [1.82, 2.24) is 25.3 Å². The van der Waals surface area contributed by atoms with Crippen molar-refractivity contribution in [3.05, 3.63) is 63.5 Å². The molecule has 1 atom stereocenters. The Kier molecular flexibility index (Phi) is 7.60. The summed E-state index contributed by atoms with van der Waals surface area (Å²) in [4.78, 5) is 62.7. The van der Waals surface area contributed by atoms with Gasteiger partial charge < -0.3 is 15.4 Å². The van der Waals surface area contributed by atoms with Crippen molar-refractivity contribution in [2.75, 3.05) is 7.05 Å². The maximum absolute atomic E-state index is 12.5. The third kappa shape index (κ3) is 6.28. The predicted octanol–water partition coefficient (Wildman–Crippen LogP) is 1.61. The van der Waals surface area contributed by atoms with Crippen molar-refractivity contribution in [2.24, 2.45) is 5.92 Å². The van der Waals surface area contributed by atoms with Crippen LogP contribution in [0.15, 0.2) is 35.3 Å². The molecule has 0 aliphatic rings. The van der Waals surface area contributed by atoms with Gasteiger partial charge in [-0.05, 0) is 31.7 Å². The van der Waals surface area contributed by atoms with Gasteiger partial charge in [0, 0.05) is 25.5 Å². The van der Waals surface area contributed by atoms with Crippen LogP contribution in [-0.4, -0.2) is 49.7 Å². The number of Topliss-reactive ketones (excluding diaryl/α,β-unsaturated/α-hetero) is 1. The molecule has 1 amide bonds. The number of carbonyl (C=O) groups excluding carboxylic acids is 2. The van der Waals surface area contributed by atoms with Crippen molar-refractivity contribution >= 4 is 28.8 Å². The summed E-state index contributed by atoms with van der Waals surface area (Å²) >= 11 is 0. The minimum Gasteiger partial charge on any atom is -0.481 e. The van der Waals surface area contributed by atoms with Crippen LogP contribution in [0.5, 0.6) is 0 Å². The number of fused-ring (bicyclic) bond motifs is 1. The van der Waals surface area contributed by atoms with E-state index in [0.29, 0.717) is 35.6 Å². The van der Waals surface area contributed by atoms with Crippen LogP contribution in [0.1, 0.15) is 46.7 Å². The Balaban J connectivity index is 1.61. The van der Waals surface area contributed by atoms with Gasteiger partial charge in [0.2, 0.25) is 5.91 Å². The summed E-state index contributed by atoms with van der Waals surface area (Å²) < 4.78 is 0. The molecule has 0 aliphatic heterocycles. The Morgan fingerprint density at radius 3 is 2.52 bits per heavy atom. The van der Waals surface area contributed by atoms with Crippen LogP contribution >= 0.6 is 0 Å². The number of carboxylic acids is 1. The van der Waals surface area contributed by atoms with E-state index in [4.69, 9.17) is 0 Å². The molecule has 0 spiro atoms. The van der Waals surface area contributed by atoms with Crippen LogP contribution in [-0.2, 0) is 22.4 Å². The SMILES string of the molecule is CNC(=O)CC[C@H](CC(=O)c1ccc(CCc2cnc3nc(C)[nH]c(=O)c3n2)cc1)C(=O)O. The Labute approximate surface area is 189 Å². The second kappa shape index (κ2) is 10.6. The zero-order valence-corrected chi connectivity index (χ0v) is 18.4. The molecule has 10 heteroatoms. The summed E-state index contributed by atoms with van der Waals surface area (Å²) in [6, 6.07) is 6.94. The maximum Gasteiger partial charge on any atom is 0.306 e. The topological polar surface area (TPSA) is 155 Å². The van der Waals surface area contributed by atoms with Crippen LogP contribution in [0, 0.1) is 12.8 Å². The number of amides is 1. The maximum atomic E-state index is 12.5. The van der Waals surface area contributed by atoms with Gasteiger partial charge in [-0.3, -0.25) is 19.2 Å². The quantitative estimate of drug-likeness (QED) is 0.393. The molecular weight excluding hydrogens is 426 g/mol. The lowest BCUT2D eigenvalue weighted by molar-refractivity contribution is -0.142. The lowest BCUT2D eigenvalue weighted by Crippen LogP contribution is -2.23. The first-order chi connectivity index (χ1) is 15.8. The van der Waals surface area contributed by atoms with Gasteiger partial charge in [0.05, 0.1) is 17.8 Å². The molecule has 10 nitrogen and oxygen atoms in total. The zero-order valence-electron chi connectivity index (χ0n) is 18.4. The molecule has 33 heavy (non-hydrogen) atoms. The second-order valence-corrected chi connectivity index (χ2v) is 7.76. The predicted molar refractivity (Wildman–Crippen MR) is 120 cm³/mol. The summed E-state index contributed by atoms with van der Waals surface area (Å²) in [7, 11) is 1.48. The molecule has 0 unspecified atom stereocenters. The number of carbonyl (C=O) groups is 3. The number of H-pyrrole nitrogens is 1. The summed E-state index contributed by atoms with van der Waals surface area (Å²) in [5, 5.41) is 11.8. The van der Waals surface area contributed by atoms with E-state index in [2.05, 4.69) is 25.3 Å². The average Bonchev–Trinajstić information content (AvgIpc) is 2.80. The molecule has 0 saturated carbocycles. The van der Waals surface area contributed by atoms with Crippen molar-refractivity contribution in [3.63, 3.8) is 0 Å². The van der Waals surface area contributed by atoms with Gasteiger partial charge in [0.1, 0.15) is 5.82 Å². The van der Waals surface area contributed by atoms with E-state index < -0.39 is 11.9 Å². The molecule has 0 radical (unpaired) electrons. The largest absolute Gasteiger partial charge is 0.481 e. The van der Waals surface area contributed by atoms with Gasteiger partial charge in [-0.15, -0.1) is 0 Å². The van der Waals surface area contributed by atoms with E-state index in [1.807, 2.05) is 0 Å². The monoisotopic (exact) mass is 451 g/mol.